The van der Waals surface area contributed by atoms with E-state index in [0.717, 1.165) is 12.0 Å². The van der Waals surface area contributed by atoms with Crippen molar-refractivity contribution in [3.63, 3.8) is 0 Å². The molecule has 3 aromatic rings. The van der Waals surface area contributed by atoms with Crippen molar-refractivity contribution in [3.05, 3.63) is 94.5 Å². The number of hydrogen-bond donors (Lipinski definition) is 3. The Hall–Kier alpha value is -5.21. The zero-order valence-electron chi connectivity index (χ0n) is 25.7. The summed E-state index contributed by atoms with van der Waals surface area (Å²) in [5.74, 6) is -1.93. The topological polar surface area (TPSA) is 152 Å². The van der Waals surface area contributed by atoms with Crippen LogP contribution in [-0.2, 0) is 14.3 Å². The summed E-state index contributed by atoms with van der Waals surface area (Å²) in [4.78, 5) is 55.4. The molecule has 2 saturated heterocycles. The van der Waals surface area contributed by atoms with Crippen molar-refractivity contribution in [2.45, 2.75) is 44.8 Å². The van der Waals surface area contributed by atoms with Gasteiger partial charge in [-0.25, -0.2) is 0 Å². The molecule has 3 aromatic carbocycles. The second-order valence-electron chi connectivity index (χ2n) is 11.6. The molecular weight excluding hydrogens is 586 g/mol. The fourth-order valence-electron chi connectivity index (χ4n) is 5.75. The van der Waals surface area contributed by atoms with Gasteiger partial charge in [0.05, 0.1) is 35.5 Å². The van der Waals surface area contributed by atoms with Gasteiger partial charge >= 0.3 is 5.97 Å². The molecule has 2 heterocycles. The maximum Gasteiger partial charge on any atom is 0.305 e. The standard InChI is InChI=1S/C35H37N5O6/c1-23-5-9-25(10-6-23)28(21-32(41)42)37-33(43)27-13-14-30(29(20-27)38-34(44)31-4-2-19-46-31)39-15-3-16-40(18-17-39)35(45)26-11-7-24(22-36)8-12-26/h5-14,20,28,31H,2-4,15-19,21H2,1H3,(H,37,43)(H,38,44)(H,41,42). The third-order valence-corrected chi connectivity index (χ3v) is 8.29. The van der Waals surface area contributed by atoms with E-state index in [1.54, 1.807) is 59.5 Å². The maximum absolute atomic E-state index is 13.5. The molecule has 2 unspecified atom stereocenters. The summed E-state index contributed by atoms with van der Waals surface area (Å²) in [6.45, 7) is 4.51. The molecule has 3 N–H and O–H groups in total. The highest BCUT2D eigenvalue weighted by Gasteiger charge is 2.27. The van der Waals surface area contributed by atoms with E-state index in [9.17, 15) is 24.3 Å². The number of benzene rings is 3. The van der Waals surface area contributed by atoms with Crippen LogP contribution in [0.25, 0.3) is 0 Å². The van der Waals surface area contributed by atoms with Crippen LogP contribution in [-0.4, -0.2) is 72.6 Å². The Bertz CT molecular complexity index is 1630. The first kappa shape index (κ1) is 32.2. The van der Waals surface area contributed by atoms with Crippen molar-refractivity contribution in [2.75, 3.05) is 43.0 Å². The second kappa shape index (κ2) is 14.7. The number of aliphatic carboxylic acids is 1. The summed E-state index contributed by atoms with van der Waals surface area (Å²) < 4.78 is 5.59. The summed E-state index contributed by atoms with van der Waals surface area (Å²) in [5, 5.41) is 24.4. The lowest BCUT2D eigenvalue weighted by atomic mass is 10.0. The molecule has 238 valence electrons. The first-order valence-electron chi connectivity index (χ1n) is 15.4. The third-order valence-electron chi connectivity index (χ3n) is 8.29. The van der Waals surface area contributed by atoms with E-state index in [1.807, 2.05) is 19.1 Å². The van der Waals surface area contributed by atoms with Gasteiger partial charge in [-0.2, -0.15) is 5.26 Å². The van der Waals surface area contributed by atoms with Crippen LogP contribution in [0.15, 0.2) is 66.7 Å². The van der Waals surface area contributed by atoms with Gasteiger partial charge in [-0.05, 0) is 74.2 Å². The van der Waals surface area contributed by atoms with Crippen molar-refractivity contribution in [2.24, 2.45) is 0 Å². The fraction of sp³-hybridized carbons (Fsp3) is 0.343. The maximum atomic E-state index is 13.5. The number of carbonyl (C=O) groups excluding carboxylic acids is 3. The van der Waals surface area contributed by atoms with Gasteiger partial charge in [0.2, 0.25) is 0 Å². The Morgan fingerprint density at radius 1 is 0.957 bits per heavy atom. The van der Waals surface area contributed by atoms with E-state index in [0.29, 0.717) is 73.7 Å². The molecule has 3 amide bonds. The largest absolute Gasteiger partial charge is 0.481 e. The van der Waals surface area contributed by atoms with Crippen LogP contribution in [0.1, 0.15) is 69.1 Å². The Balaban J connectivity index is 1.37. The number of nitrogens with one attached hydrogen (secondary N) is 2. The fourth-order valence-corrected chi connectivity index (χ4v) is 5.75. The number of aryl methyl sites for hydroxylation is 1. The van der Waals surface area contributed by atoms with Gasteiger partial charge in [-0.3, -0.25) is 19.2 Å². The molecule has 2 fully saturated rings. The molecule has 2 atom stereocenters. The van der Waals surface area contributed by atoms with E-state index in [-0.39, 0.29) is 23.8 Å². The minimum absolute atomic E-state index is 0.116. The molecule has 46 heavy (non-hydrogen) atoms. The molecule has 0 radical (unpaired) electrons. The number of nitriles is 1. The van der Waals surface area contributed by atoms with Gasteiger partial charge < -0.3 is 30.3 Å². The second-order valence-corrected chi connectivity index (χ2v) is 11.6. The summed E-state index contributed by atoms with van der Waals surface area (Å²) in [6.07, 6.45) is 1.19. The van der Waals surface area contributed by atoms with Crippen LogP contribution in [0.4, 0.5) is 11.4 Å². The zero-order chi connectivity index (χ0) is 32.6. The molecule has 11 heteroatoms. The van der Waals surface area contributed by atoms with Gasteiger partial charge in [0.25, 0.3) is 17.7 Å². The molecule has 0 saturated carbocycles. The lowest BCUT2D eigenvalue weighted by molar-refractivity contribution is -0.137. The van der Waals surface area contributed by atoms with Crippen LogP contribution in [0, 0.1) is 18.3 Å². The van der Waals surface area contributed by atoms with Crippen molar-refractivity contribution >= 4 is 35.1 Å². The van der Waals surface area contributed by atoms with Gasteiger partial charge in [0, 0.05) is 43.9 Å². The summed E-state index contributed by atoms with van der Waals surface area (Å²) in [5.41, 5.74) is 4.10. The highest BCUT2D eigenvalue weighted by atomic mass is 16.5. The Labute approximate surface area is 267 Å². The molecular formula is C35H37N5O6. The highest BCUT2D eigenvalue weighted by molar-refractivity contribution is 6.01. The summed E-state index contributed by atoms with van der Waals surface area (Å²) in [6, 6.07) is 20.3. The van der Waals surface area contributed by atoms with E-state index < -0.39 is 24.0 Å². The number of nitrogens with zero attached hydrogens (tertiary/aromatic N) is 3. The molecule has 0 aromatic heterocycles. The highest BCUT2D eigenvalue weighted by Crippen LogP contribution is 2.30. The number of ether oxygens (including phenoxy) is 1. The van der Waals surface area contributed by atoms with Gasteiger partial charge in [-0.1, -0.05) is 29.8 Å². The van der Waals surface area contributed by atoms with E-state index in [4.69, 9.17) is 10.00 Å². The number of hydrogen-bond acceptors (Lipinski definition) is 7. The minimum Gasteiger partial charge on any atom is -0.481 e. The third kappa shape index (κ3) is 7.89. The monoisotopic (exact) mass is 623 g/mol. The van der Waals surface area contributed by atoms with E-state index in [1.165, 1.54) is 0 Å². The molecule has 0 spiro atoms. The Morgan fingerprint density at radius 2 is 1.70 bits per heavy atom. The average Bonchev–Trinajstić information content (AvgIpc) is 3.50. The van der Waals surface area contributed by atoms with Crippen molar-refractivity contribution in [1.29, 1.82) is 5.26 Å². The minimum atomic E-state index is -1.04. The van der Waals surface area contributed by atoms with Crippen molar-refractivity contribution < 1.29 is 29.0 Å². The normalized spacial score (nSPS) is 17.0. The smallest absolute Gasteiger partial charge is 0.305 e. The van der Waals surface area contributed by atoms with Gasteiger partial charge in [0.1, 0.15) is 6.10 Å². The lowest BCUT2D eigenvalue weighted by Crippen LogP contribution is -2.35. The van der Waals surface area contributed by atoms with Crippen LogP contribution >= 0.6 is 0 Å². The van der Waals surface area contributed by atoms with Crippen LogP contribution in [0.2, 0.25) is 0 Å². The Morgan fingerprint density at radius 3 is 2.37 bits per heavy atom. The van der Waals surface area contributed by atoms with Crippen LogP contribution < -0.4 is 15.5 Å². The summed E-state index contributed by atoms with van der Waals surface area (Å²) in [7, 11) is 0. The molecule has 0 bridgehead atoms. The first-order valence-corrected chi connectivity index (χ1v) is 15.4. The average molecular weight is 624 g/mol. The summed E-state index contributed by atoms with van der Waals surface area (Å²) >= 11 is 0. The molecule has 0 aliphatic carbocycles. The van der Waals surface area contributed by atoms with Crippen LogP contribution in [0.5, 0.6) is 0 Å². The number of carboxylic acid groups (broad SMARTS) is 1. The van der Waals surface area contributed by atoms with Crippen LogP contribution in [0.3, 0.4) is 0 Å². The molecule has 5 rings (SSSR count). The van der Waals surface area contributed by atoms with Crippen molar-refractivity contribution in [3.8, 4) is 6.07 Å². The van der Waals surface area contributed by atoms with E-state index >= 15 is 0 Å². The zero-order valence-corrected chi connectivity index (χ0v) is 25.7. The van der Waals surface area contributed by atoms with Gasteiger partial charge in [0.15, 0.2) is 0 Å². The van der Waals surface area contributed by atoms with Crippen molar-refractivity contribution in [1.82, 2.24) is 10.2 Å². The number of amides is 3. The Kier molecular flexibility index (Phi) is 10.3. The van der Waals surface area contributed by atoms with Gasteiger partial charge in [-0.15, -0.1) is 0 Å². The number of rotatable bonds is 9. The quantitative estimate of drug-likeness (QED) is 0.319. The molecule has 11 nitrogen and oxygen atoms in total. The predicted octanol–water partition coefficient (Wildman–Crippen LogP) is 4.28. The number of anilines is 2. The molecule has 2 aliphatic rings. The predicted molar refractivity (Wildman–Crippen MR) is 172 cm³/mol. The molecule has 2 aliphatic heterocycles. The number of carboxylic acids is 1. The first-order chi connectivity index (χ1) is 22.2. The SMILES string of the molecule is Cc1ccc(C(CC(=O)O)NC(=O)c2ccc(N3CCCN(C(=O)c4ccc(C#N)cc4)CC3)c(NC(=O)C3CCCO3)c2)cc1. The number of carbonyl (C=O) groups is 4. The lowest BCUT2D eigenvalue weighted by Gasteiger charge is -2.27. The van der Waals surface area contributed by atoms with E-state index in [2.05, 4.69) is 21.6 Å².